The van der Waals surface area contributed by atoms with Crippen LogP contribution < -0.4 is 4.90 Å². The smallest absolute Gasteiger partial charge is 0.229 e. The minimum absolute atomic E-state index is 0.0801. The zero-order chi connectivity index (χ0) is 21.0. The molecule has 3 rings (SSSR count). The van der Waals surface area contributed by atoms with Crippen LogP contribution in [-0.4, -0.2) is 24.2 Å². The molecule has 154 valence electrons. The number of aliphatic hydroxyl groups excluding tert-OH is 1. The molecule has 1 saturated heterocycles. The summed E-state index contributed by atoms with van der Waals surface area (Å²) in [4.78, 5) is 14.9. The van der Waals surface area contributed by atoms with Gasteiger partial charge in [0.05, 0.1) is 0 Å². The van der Waals surface area contributed by atoms with E-state index in [1.807, 2.05) is 50.0 Å². The van der Waals surface area contributed by atoms with Crippen LogP contribution in [0.3, 0.4) is 0 Å². The second kappa shape index (κ2) is 9.36. The summed E-state index contributed by atoms with van der Waals surface area (Å²) in [6, 6.07) is 11.1. The summed E-state index contributed by atoms with van der Waals surface area (Å²) < 4.78 is 14.1. The first-order chi connectivity index (χ1) is 13.9. The molecule has 0 unspecified atom stereocenters. The van der Waals surface area contributed by atoms with Gasteiger partial charge in [-0.1, -0.05) is 37.3 Å². The standard InChI is InChI=1S/C25H30FNO2/c1-17-12-20(8-6-7-11-28)13-18(2)24(17)27-16-21(14-19(3)25(27)29)15-22-9-4-5-10-23(22)26/h4-6,8-10,12-13,19,21,28H,7,11,14-16H2,1-3H3/b8-6+/t19-,21-/m1/s1. The third-order valence-electron chi connectivity index (χ3n) is 5.67. The molecule has 1 N–H and O–H groups in total. The monoisotopic (exact) mass is 395 g/mol. The van der Waals surface area contributed by atoms with Crippen molar-refractivity contribution in [1.29, 1.82) is 0 Å². The molecular weight excluding hydrogens is 365 g/mol. The number of nitrogens with zero attached hydrogens (tertiary/aromatic N) is 1. The Bertz CT molecular complexity index is 882. The van der Waals surface area contributed by atoms with E-state index in [9.17, 15) is 9.18 Å². The van der Waals surface area contributed by atoms with Gasteiger partial charge in [0.2, 0.25) is 5.91 Å². The van der Waals surface area contributed by atoms with Crippen LogP contribution in [0.2, 0.25) is 0 Å². The van der Waals surface area contributed by atoms with E-state index >= 15 is 0 Å². The van der Waals surface area contributed by atoms with Crippen LogP contribution in [-0.2, 0) is 11.2 Å². The van der Waals surface area contributed by atoms with Gasteiger partial charge < -0.3 is 10.0 Å². The Kier molecular flexibility index (Phi) is 6.86. The maximum atomic E-state index is 14.1. The SMILES string of the molecule is Cc1cc(/C=C/CCO)cc(C)c1N1C[C@@H](Cc2ccccc2F)C[C@@H](C)C1=O. The first-order valence-corrected chi connectivity index (χ1v) is 10.3. The Morgan fingerprint density at radius 2 is 1.90 bits per heavy atom. The summed E-state index contributed by atoms with van der Waals surface area (Å²) in [5, 5.41) is 8.95. The topological polar surface area (TPSA) is 40.5 Å². The number of benzene rings is 2. The molecule has 2 aromatic carbocycles. The van der Waals surface area contributed by atoms with Gasteiger partial charge in [-0.15, -0.1) is 0 Å². The molecule has 0 aliphatic carbocycles. The lowest BCUT2D eigenvalue weighted by molar-refractivity contribution is -0.124. The molecule has 4 heteroatoms. The number of hydrogen-bond donors (Lipinski definition) is 1. The highest BCUT2D eigenvalue weighted by molar-refractivity contribution is 5.97. The van der Waals surface area contributed by atoms with Crippen molar-refractivity contribution >= 4 is 17.7 Å². The highest BCUT2D eigenvalue weighted by Gasteiger charge is 2.34. The first-order valence-electron chi connectivity index (χ1n) is 10.3. The molecule has 1 aliphatic heterocycles. The van der Waals surface area contributed by atoms with Crippen LogP contribution in [0.5, 0.6) is 0 Å². The van der Waals surface area contributed by atoms with Gasteiger partial charge >= 0.3 is 0 Å². The van der Waals surface area contributed by atoms with Gasteiger partial charge in [-0.05, 0) is 79.5 Å². The van der Waals surface area contributed by atoms with Gasteiger partial charge in [0.15, 0.2) is 0 Å². The molecule has 2 aromatic rings. The van der Waals surface area contributed by atoms with Crippen molar-refractivity contribution in [1.82, 2.24) is 0 Å². The van der Waals surface area contributed by atoms with Gasteiger partial charge in [-0.3, -0.25) is 4.79 Å². The average Bonchev–Trinajstić information content (AvgIpc) is 2.67. The number of anilines is 1. The first kappa shape index (κ1) is 21.3. The average molecular weight is 396 g/mol. The van der Waals surface area contributed by atoms with Gasteiger partial charge in [0, 0.05) is 24.8 Å². The number of amides is 1. The Balaban J connectivity index is 1.86. The second-order valence-corrected chi connectivity index (χ2v) is 8.17. The fourth-order valence-corrected chi connectivity index (χ4v) is 4.42. The lowest BCUT2D eigenvalue weighted by Crippen LogP contribution is -2.46. The van der Waals surface area contributed by atoms with E-state index < -0.39 is 0 Å². The molecule has 1 heterocycles. The molecule has 0 saturated carbocycles. The van der Waals surface area contributed by atoms with Crippen molar-refractivity contribution in [3.05, 3.63) is 70.5 Å². The van der Waals surface area contributed by atoms with Crippen LogP contribution in [0.1, 0.15) is 42.0 Å². The lowest BCUT2D eigenvalue weighted by atomic mass is 9.84. The Hall–Kier alpha value is -2.46. The van der Waals surface area contributed by atoms with Crippen molar-refractivity contribution in [3.8, 4) is 0 Å². The number of carbonyl (C=O) groups is 1. The summed E-state index contributed by atoms with van der Waals surface area (Å²) >= 11 is 0. The Labute approximate surface area is 172 Å². The Morgan fingerprint density at radius 3 is 2.55 bits per heavy atom. The molecule has 3 nitrogen and oxygen atoms in total. The van der Waals surface area contributed by atoms with Crippen molar-refractivity contribution < 1.29 is 14.3 Å². The highest BCUT2D eigenvalue weighted by Crippen LogP contribution is 2.34. The maximum absolute atomic E-state index is 14.1. The number of aliphatic hydroxyl groups is 1. The molecule has 2 atom stereocenters. The maximum Gasteiger partial charge on any atom is 0.229 e. The van der Waals surface area contributed by atoms with E-state index in [0.29, 0.717) is 19.4 Å². The van der Waals surface area contributed by atoms with Crippen molar-refractivity contribution in [2.75, 3.05) is 18.1 Å². The van der Waals surface area contributed by atoms with Gasteiger partial charge in [0.1, 0.15) is 5.82 Å². The summed E-state index contributed by atoms with van der Waals surface area (Å²) in [5.74, 6) is 0.116. The highest BCUT2D eigenvalue weighted by atomic mass is 19.1. The van der Waals surface area contributed by atoms with Crippen LogP contribution in [0.4, 0.5) is 10.1 Å². The Morgan fingerprint density at radius 1 is 1.21 bits per heavy atom. The second-order valence-electron chi connectivity index (χ2n) is 8.17. The van der Waals surface area contributed by atoms with Crippen LogP contribution in [0.25, 0.3) is 6.08 Å². The predicted octanol–water partition coefficient (Wildman–Crippen LogP) is 5.07. The van der Waals surface area contributed by atoms with E-state index in [4.69, 9.17) is 5.11 Å². The van der Waals surface area contributed by atoms with Crippen LogP contribution >= 0.6 is 0 Å². The number of rotatable bonds is 6. The summed E-state index contributed by atoms with van der Waals surface area (Å²) in [6.07, 6.45) is 6.00. The van der Waals surface area contributed by atoms with E-state index in [0.717, 1.165) is 34.4 Å². The third-order valence-corrected chi connectivity index (χ3v) is 5.67. The summed E-state index contributed by atoms with van der Waals surface area (Å²) in [5.41, 5.74) is 4.87. The van der Waals surface area contributed by atoms with Crippen molar-refractivity contribution in [2.24, 2.45) is 11.8 Å². The van der Waals surface area contributed by atoms with Crippen LogP contribution in [0.15, 0.2) is 42.5 Å². The fraction of sp³-hybridized carbons (Fsp3) is 0.400. The van der Waals surface area contributed by atoms with Gasteiger partial charge in [-0.2, -0.15) is 0 Å². The number of aryl methyl sites for hydroxylation is 2. The lowest BCUT2D eigenvalue weighted by Gasteiger charge is -2.38. The zero-order valence-corrected chi connectivity index (χ0v) is 17.5. The van der Waals surface area contributed by atoms with E-state index in [2.05, 4.69) is 12.1 Å². The number of piperidine rings is 1. The minimum atomic E-state index is -0.171. The minimum Gasteiger partial charge on any atom is -0.396 e. The number of halogens is 1. The van der Waals surface area contributed by atoms with E-state index in [1.54, 1.807) is 6.07 Å². The zero-order valence-electron chi connectivity index (χ0n) is 17.5. The molecule has 0 bridgehead atoms. The van der Waals surface area contributed by atoms with Crippen molar-refractivity contribution in [3.63, 3.8) is 0 Å². The third kappa shape index (κ3) is 4.94. The molecule has 0 spiro atoms. The molecule has 1 amide bonds. The molecule has 0 aromatic heterocycles. The summed E-state index contributed by atoms with van der Waals surface area (Å²) in [7, 11) is 0. The quantitative estimate of drug-likeness (QED) is 0.742. The molecule has 29 heavy (non-hydrogen) atoms. The molecule has 0 radical (unpaired) electrons. The molecular formula is C25H30FNO2. The fourth-order valence-electron chi connectivity index (χ4n) is 4.42. The van der Waals surface area contributed by atoms with E-state index in [1.165, 1.54) is 6.07 Å². The van der Waals surface area contributed by atoms with Crippen molar-refractivity contribution in [2.45, 2.75) is 40.0 Å². The number of hydrogen-bond acceptors (Lipinski definition) is 2. The van der Waals surface area contributed by atoms with Gasteiger partial charge in [-0.25, -0.2) is 4.39 Å². The molecule has 1 fully saturated rings. The predicted molar refractivity (Wildman–Crippen MR) is 116 cm³/mol. The van der Waals surface area contributed by atoms with Crippen LogP contribution in [0, 0.1) is 31.5 Å². The normalized spacial score (nSPS) is 19.9. The summed E-state index contributed by atoms with van der Waals surface area (Å²) in [6.45, 7) is 6.78. The molecule has 1 aliphatic rings. The van der Waals surface area contributed by atoms with Gasteiger partial charge in [0.25, 0.3) is 0 Å². The van der Waals surface area contributed by atoms with E-state index in [-0.39, 0.29) is 30.2 Å². The largest absolute Gasteiger partial charge is 0.396 e. The number of carbonyl (C=O) groups excluding carboxylic acids is 1.